The van der Waals surface area contributed by atoms with E-state index in [0.29, 0.717) is 51.4 Å². The summed E-state index contributed by atoms with van der Waals surface area (Å²) in [5.74, 6) is 3.49. The van der Waals surface area contributed by atoms with Crippen LogP contribution in [-0.2, 0) is 16.1 Å². The second-order valence-corrected chi connectivity index (χ2v) is 11.9. The minimum Gasteiger partial charge on any atom is -0.388 e. The molecule has 3 atom stereocenters. The van der Waals surface area contributed by atoms with Gasteiger partial charge in [-0.1, -0.05) is 34.4 Å². The molecular formula is C29H36Cl2N4O4. The van der Waals surface area contributed by atoms with Gasteiger partial charge in [0, 0.05) is 56.5 Å². The Hall–Kier alpha value is -2.39. The normalized spacial score (nSPS) is 22.2. The van der Waals surface area contributed by atoms with Crippen LogP contribution in [0.3, 0.4) is 0 Å². The molecule has 0 bridgehead atoms. The van der Waals surface area contributed by atoms with Crippen molar-refractivity contribution in [1.29, 1.82) is 0 Å². The van der Waals surface area contributed by atoms with E-state index in [0.717, 1.165) is 62.2 Å². The molecule has 0 spiro atoms. The van der Waals surface area contributed by atoms with Gasteiger partial charge in [-0.25, -0.2) is 4.68 Å². The molecule has 1 unspecified atom stereocenters. The lowest BCUT2D eigenvalue weighted by molar-refractivity contribution is 0.0402. The number of anilines is 1. The zero-order valence-corrected chi connectivity index (χ0v) is 24.4. The Morgan fingerprint density at radius 3 is 2.33 bits per heavy atom. The average molecular weight is 576 g/mol. The SMILES string of the molecule is CC(C)n1nc(C=O)cc1N1C[C@H]2CC(OCc3c(-c4c(Cl)cccc4Cl)noc3C3CC3)C[C@H]2C1.COC. The first-order valence-corrected chi connectivity index (χ1v) is 14.3. The first kappa shape index (κ1) is 28.1. The molecule has 0 N–H and O–H groups in total. The highest BCUT2D eigenvalue weighted by Gasteiger charge is 2.43. The third-order valence-electron chi connectivity index (χ3n) is 7.81. The topological polar surface area (TPSA) is 82.6 Å². The fourth-order valence-corrected chi connectivity index (χ4v) is 6.47. The van der Waals surface area contributed by atoms with Crippen LogP contribution in [-0.4, -0.2) is 54.6 Å². The van der Waals surface area contributed by atoms with Gasteiger partial charge >= 0.3 is 0 Å². The first-order chi connectivity index (χ1) is 18.8. The molecule has 8 nitrogen and oxygen atoms in total. The predicted octanol–water partition coefficient (Wildman–Crippen LogP) is 6.81. The van der Waals surface area contributed by atoms with Gasteiger partial charge < -0.3 is 18.9 Å². The van der Waals surface area contributed by atoms with Crippen molar-refractivity contribution >= 4 is 35.3 Å². The van der Waals surface area contributed by atoms with E-state index in [1.807, 2.05) is 28.9 Å². The maximum absolute atomic E-state index is 11.3. The number of hydrogen-bond acceptors (Lipinski definition) is 7. The number of ether oxygens (including phenoxy) is 2. The van der Waals surface area contributed by atoms with Crippen molar-refractivity contribution in [1.82, 2.24) is 14.9 Å². The highest BCUT2D eigenvalue weighted by atomic mass is 35.5. The Morgan fingerprint density at radius 1 is 1.13 bits per heavy atom. The minimum absolute atomic E-state index is 0.194. The maximum Gasteiger partial charge on any atom is 0.170 e. The van der Waals surface area contributed by atoms with Crippen molar-refractivity contribution in [2.24, 2.45) is 11.8 Å². The lowest BCUT2D eigenvalue weighted by atomic mass is 10.0. The largest absolute Gasteiger partial charge is 0.388 e. The summed E-state index contributed by atoms with van der Waals surface area (Å²) in [4.78, 5) is 13.7. The predicted molar refractivity (Wildman–Crippen MR) is 152 cm³/mol. The molecule has 1 aliphatic heterocycles. The van der Waals surface area contributed by atoms with E-state index in [4.69, 9.17) is 32.5 Å². The van der Waals surface area contributed by atoms with E-state index >= 15 is 0 Å². The van der Waals surface area contributed by atoms with Gasteiger partial charge in [-0.15, -0.1) is 0 Å². The monoisotopic (exact) mass is 574 g/mol. The number of hydrogen-bond donors (Lipinski definition) is 0. The highest BCUT2D eigenvalue weighted by molar-refractivity contribution is 6.39. The molecule has 2 saturated carbocycles. The average Bonchev–Trinajstić information content (AvgIpc) is 3.20. The number of fused-ring (bicyclic) bond motifs is 1. The number of rotatable bonds is 8. The summed E-state index contributed by atoms with van der Waals surface area (Å²) >= 11 is 13.0. The number of aldehydes is 1. The van der Waals surface area contributed by atoms with Crippen molar-refractivity contribution in [2.75, 3.05) is 32.2 Å². The van der Waals surface area contributed by atoms with Gasteiger partial charge in [0.25, 0.3) is 0 Å². The third kappa shape index (κ3) is 5.89. The van der Waals surface area contributed by atoms with Gasteiger partial charge in [0.15, 0.2) is 6.29 Å². The van der Waals surface area contributed by atoms with E-state index in [1.165, 1.54) is 0 Å². The zero-order chi connectivity index (χ0) is 27.7. The molecule has 1 aromatic carbocycles. The van der Waals surface area contributed by atoms with E-state index in [2.05, 4.69) is 33.7 Å². The van der Waals surface area contributed by atoms with Crippen LogP contribution in [0.2, 0.25) is 10.0 Å². The molecule has 0 radical (unpaired) electrons. The number of aromatic nitrogens is 3. The summed E-state index contributed by atoms with van der Waals surface area (Å²) in [5, 5.41) is 9.97. The molecule has 0 amide bonds. The summed E-state index contributed by atoms with van der Waals surface area (Å²) in [5.41, 5.74) is 2.88. The van der Waals surface area contributed by atoms with E-state index < -0.39 is 0 Å². The molecule has 2 aromatic heterocycles. The summed E-state index contributed by atoms with van der Waals surface area (Å²) in [7, 11) is 3.25. The number of carbonyl (C=O) groups excluding carboxylic acids is 1. The number of nitrogens with zero attached hydrogens (tertiary/aromatic N) is 4. The second-order valence-electron chi connectivity index (χ2n) is 11.1. The first-order valence-electron chi connectivity index (χ1n) is 13.6. The number of carbonyl (C=O) groups is 1. The lowest BCUT2D eigenvalue weighted by Gasteiger charge is -2.23. The Bertz CT molecular complexity index is 1270. The van der Waals surface area contributed by atoms with Crippen LogP contribution in [0.5, 0.6) is 0 Å². The second kappa shape index (κ2) is 12.0. The lowest BCUT2D eigenvalue weighted by Crippen LogP contribution is -2.26. The Kier molecular flexibility index (Phi) is 8.66. The van der Waals surface area contributed by atoms with Gasteiger partial charge in [-0.2, -0.15) is 5.10 Å². The number of benzene rings is 1. The van der Waals surface area contributed by atoms with E-state index in [-0.39, 0.29) is 12.1 Å². The van der Waals surface area contributed by atoms with E-state index in [1.54, 1.807) is 14.2 Å². The van der Waals surface area contributed by atoms with Crippen molar-refractivity contribution in [3.05, 3.63) is 51.3 Å². The van der Waals surface area contributed by atoms with Gasteiger partial charge in [-0.05, 0) is 63.5 Å². The van der Waals surface area contributed by atoms with Gasteiger partial charge in [-0.3, -0.25) is 4.79 Å². The zero-order valence-electron chi connectivity index (χ0n) is 22.9. The van der Waals surface area contributed by atoms with Crippen LogP contribution in [0.1, 0.15) is 73.3 Å². The van der Waals surface area contributed by atoms with Crippen molar-refractivity contribution in [3.8, 4) is 11.3 Å². The van der Waals surface area contributed by atoms with Crippen molar-refractivity contribution in [3.63, 3.8) is 0 Å². The molecule has 3 fully saturated rings. The van der Waals surface area contributed by atoms with Gasteiger partial charge in [0.1, 0.15) is 23.0 Å². The molecule has 6 rings (SSSR count). The molecule has 10 heteroatoms. The molecule has 210 valence electrons. The third-order valence-corrected chi connectivity index (χ3v) is 8.44. The highest BCUT2D eigenvalue weighted by Crippen LogP contribution is 2.47. The molecule has 3 aliphatic rings. The van der Waals surface area contributed by atoms with Gasteiger partial charge in [0.2, 0.25) is 0 Å². The van der Waals surface area contributed by atoms with Gasteiger partial charge in [0.05, 0.1) is 22.8 Å². The standard InChI is InChI=1S/C27H30Cl2N4O3.C2H6O/c1-15(2)33-24(10-19(13-34)30-33)32-11-17-8-20(9-18(17)12-32)35-14-21-26(31-36-27(21)16-6-7-16)25-22(28)4-3-5-23(25)29;1-3-2/h3-5,10,13,15-18,20H,6-9,11-12,14H2,1-2H3;1-2H3/t17-,18+,20?;. The quantitative estimate of drug-likeness (QED) is 0.273. The van der Waals surface area contributed by atoms with Crippen molar-refractivity contribution in [2.45, 2.75) is 64.2 Å². The van der Waals surface area contributed by atoms with Crippen LogP contribution in [0.15, 0.2) is 28.8 Å². The molecule has 1 saturated heterocycles. The van der Waals surface area contributed by atoms with Crippen LogP contribution in [0.25, 0.3) is 11.3 Å². The summed E-state index contributed by atoms with van der Waals surface area (Å²) in [6, 6.07) is 7.60. The number of methoxy groups -OCH3 is 1. The molecule has 3 heterocycles. The summed E-state index contributed by atoms with van der Waals surface area (Å²) in [6.07, 6.45) is 5.28. The molecule has 2 aliphatic carbocycles. The maximum atomic E-state index is 11.3. The number of halogens is 2. The summed E-state index contributed by atoms with van der Waals surface area (Å²) in [6.45, 7) is 6.56. The van der Waals surface area contributed by atoms with Crippen LogP contribution in [0, 0.1) is 11.8 Å². The fraction of sp³-hybridized carbons (Fsp3) is 0.552. The van der Waals surface area contributed by atoms with Crippen LogP contribution >= 0.6 is 23.2 Å². The Balaban J connectivity index is 0.000000983. The van der Waals surface area contributed by atoms with Crippen LogP contribution < -0.4 is 4.90 Å². The Morgan fingerprint density at radius 2 is 1.77 bits per heavy atom. The molecule has 39 heavy (non-hydrogen) atoms. The Labute approximate surface area is 239 Å². The minimum atomic E-state index is 0.194. The fourth-order valence-electron chi connectivity index (χ4n) is 5.89. The molecule has 3 aromatic rings. The van der Waals surface area contributed by atoms with Crippen molar-refractivity contribution < 1.29 is 18.8 Å². The molecular weight excluding hydrogens is 539 g/mol. The van der Waals surface area contributed by atoms with Crippen LogP contribution in [0.4, 0.5) is 5.82 Å². The van der Waals surface area contributed by atoms with E-state index in [9.17, 15) is 4.79 Å². The summed E-state index contributed by atoms with van der Waals surface area (Å²) < 4.78 is 18.5. The smallest absolute Gasteiger partial charge is 0.170 e.